The first-order valence-corrected chi connectivity index (χ1v) is 8.76. The lowest BCUT2D eigenvalue weighted by molar-refractivity contribution is 0.196. The zero-order chi connectivity index (χ0) is 13.1. The third-order valence-electron chi connectivity index (χ3n) is 4.84. The largest absolute Gasteiger partial charge is 0.313 e. The van der Waals surface area contributed by atoms with Crippen LogP contribution in [-0.2, 0) is 6.42 Å². The van der Waals surface area contributed by atoms with Crippen molar-refractivity contribution in [2.24, 2.45) is 0 Å². The van der Waals surface area contributed by atoms with Crippen LogP contribution >= 0.6 is 11.3 Å². The molecule has 2 nitrogen and oxygen atoms in total. The van der Waals surface area contributed by atoms with E-state index in [9.17, 15) is 0 Å². The third kappa shape index (κ3) is 3.21. The van der Waals surface area contributed by atoms with Gasteiger partial charge in [0, 0.05) is 36.6 Å². The van der Waals surface area contributed by atoms with Crippen molar-refractivity contribution in [3.63, 3.8) is 0 Å². The fourth-order valence-corrected chi connectivity index (χ4v) is 4.55. The van der Waals surface area contributed by atoms with Gasteiger partial charge in [0.05, 0.1) is 0 Å². The highest BCUT2D eigenvalue weighted by Gasteiger charge is 2.24. The second-order valence-corrected chi connectivity index (χ2v) is 7.05. The smallest absolute Gasteiger partial charge is 0.0331 e. The van der Waals surface area contributed by atoms with Crippen LogP contribution in [0.15, 0.2) is 11.4 Å². The van der Waals surface area contributed by atoms with E-state index >= 15 is 0 Å². The van der Waals surface area contributed by atoms with Crippen molar-refractivity contribution in [3.8, 4) is 0 Å². The van der Waals surface area contributed by atoms with Crippen molar-refractivity contribution in [2.45, 2.75) is 57.5 Å². The number of hydrogen-bond acceptors (Lipinski definition) is 3. The summed E-state index contributed by atoms with van der Waals surface area (Å²) in [5.74, 6) is 0. The van der Waals surface area contributed by atoms with Crippen molar-refractivity contribution < 1.29 is 0 Å². The Labute approximate surface area is 121 Å². The maximum Gasteiger partial charge on any atom is 0.0331 e. The first kappa shape index (κ1) is 13.6. The van der Waals surface area contributed by atoms with Crippen LogP contribution in [0.1, 0.15) is 55.5 Å². The molecule has 1 aromatic rings. The second kappa shape index (κ2) is 6.38. The molecule has 1 saturated carbocycles. The molecule has 1 N–H and O–H groups in total. The molecule has 0 aromatic carbocycles. The predicted octanol–water partition coefficient (Wildman–Crippen LogP) is 3.59. The van der Waals surface area contributed by atoms with Gasteiger partial charge in [-0.2, -0.15) is 0 Å². The highest BCUT2D eigenvalue weighted by molar-refractivity contribution is 7.10. The minimum absolute atomic E-state index is 0.614. The average molecular weight is 278 g/mol. The van der Waals surface area contributed by atoms with Crippen LogP contribution in [0.25, 0.3) is 0 Å². The van der Waals surface area contributed by atoms with Crippen molar-refractivity contribution in [3.05, 3.63) is 21.9 Å². The van der Waals surface area contributed by atoms with Crippen molar-refractivity contribution in [2.75, 3.05) is 19.6 Å². The Balaban J connectivity index is 1.46. The van der Waals surface area contributed by atoms with E-state index in [-0.39, 0.29) is 0 Å². The van der Waals surface area contributed by atoms with Crippen molar-refractivity contribution >= 4 is 11.3 Å². The van der Waals surface area contributed by atoms with Gasteiger partial charge in [-0.15, -0.1) is 11.3 Å². The van der Waals surface area contributed by atoms with Gasteiger partial charge < -0.3 is 5.32 Å². The maximum absolute atomic E-state index is 3.77. The molecule has 1 aromatic heterocycles. The molecule has 106 valence electrons. The number of nitrogens with zero attached hydrogens (tertiary/aromatic N) is 1. The summed E-state index contributed by atoms with van der Waals surface area (Å²) in [6, 6.07) is 3.74. The summed E-state index contributed by atoms with van der Waals surface area (Å²) in [4.78, 5) is 4.26. The fourth-order valence-electron chi connectivity index (χ4n) is 3.59. The lowest BCUT2D eigenvalue weighted by atomic mass is 9.95. The third-order valence-corrected chi connectivity index (χ3v) is 5.84. The number of hydrogen-bond donors (Lipinski definition) is 1. The second-order valence-electron chi connectivity index (χ2n) is 6.05. The first-order chi connectivity index (χ1) is 9.34. The van der Waals surface area contributed by atoms with E-state index in [2.05, 4.69) is 28.6 Å². The van der Waals surface area contributed by atoms with Gasteiger partial charge in [-0.1, -0.05) is 19.3 Å². The number of fused-ring (bicyclic) bond motifs is 1. The SMILES string of the molecule is CC1c2ccsc2CCN1CCNC1CCCCC1. The molecule has 0 amide bonds. The molecule has 1 aliphatic carbocycles. The van der Waals surface area contributed by atoms with Gasteiger partial charge in [-0.05, 0) is 43.2 Å². The Hall–Kier alpha value is -0.380. The summed E-state index contributed by atoms with van der Waals surface area (Å²) in [7, 11) is 0. The molecular weight excluding hydrogens is 252 g/mol. The molecule has 1 aliphatic heterocycles. The molecule has 1 fully saturated rings. The Kier molecular flexibility index (Phi) is 4.57. The molecule has 0 radical (unpaired) electrons. The molecule has 1 atom stereocenters. The summed E-state index contributed by atoms with van der Waals surface area (Å²) in [6.45, 7) is 5.97. The van der Waals surface area contributed by atoms with Crippen LogP contribution in [0.5, 0.6) is 0 Å². The zero-order valence-electron chi connectivity index (χ0n) is 12.0. The van der Waals surface area contributed by atoms with Gasteiger partial charge in [-0.25, -0.2) is 0 Å². The van der Waals surface area contributed by atoms with E-state index in [0.29, 0.717) is 6.04 Å². The Bertz CT molecular complexity index is 395. The van der Waals surface area contributed by atoms with E-state index in [1.165, 1.54) is 51.6 Å². The van der Waals surface area contributed by atoms with E-state index < -0.39 is 0 Å². The molecule has 0 bridgehead atoms. The first-order valence-electron chi connectivity index (χ1n) is 7.88. The van der Waals surface area contributed by atoms with E-state index in [4.69, 9.17) is 0 Å². The van der Waals surface area contributed by atoms with Gasteiger partial charge in [0.1, 0.15) is 0 Å². The minimum Gasteiger partial charge on any atom is -0.313 e. The molecule has 3 rings (SSSR count). The average Bonchev–Trinajstić information content (AvgIpc) is 2.92. The Morgan fingerprint density at radius 3 is 3.00 bits per heavy atom. The minimum atomic E-state index is 0.614. The molecule has 2 heterocycles. The Morgan fingerprint density at radius 1 is 1.32 bits per heavy atom. The normalized spacial score (nSPS) is 25.4. The standard InChI is InChI=1S/C16H26N2S/c1-13-15-8-12-19-16(15)7-10-18(13)11-9-17-14-5-3-2-4-6-14/h8,12-14,17H,2-7,9-11H2,1H3. The van der Waals surface area contributed by atoms with Gasteiger partial charge in [0.25, 0.3) is 0 Å². The van der Waals surface area contributed by atoms with Gasteiger partial charge in [0.15, 0.2) is 0 Å². The Morgan fingerprint density at radius 2 is 2.16 bits per heavy atom. The highest BCUT2D eigenvalue weighted by atomic mass is 32.1. The van der Waals surface area contributed by atoms with E-state index in [1.54, 1.807) is 10.4 Å². The van der Waals surface area contributed by atoms with Crippen molar-refractivity contribution in [1.29, 1.82) is 0 Å². The zero-order valence-corrected chi connectivity index (χ0v) is 12.8. The summed E-state index contributed by atoms with van der Waals surface area (Å²) < 4.78 is 0. The topological polar surface area (TPSA) is 15.3 Å². The molecule has 2 aliphatic rings. The van der Waals surface area contributed by atoms with Crippen LogP contribution in [0.4, 0.5) is 0 Å². The number of rotatable bonds is 4. The molecule has 19 heavy (non-hydrogen) atoms. The monoisotopic (exact) mass is 278 g/mol. The summed E-state index contributed by atoms with van der Waals surface area (Å²) in [6.07, 6.45) is 8.34. The molecule has 3 heteroatoms. The molecule has 1 unspecified atom stereocenters. The highest BCUT2D eigenvalue weighted by Crippen LogP contribution is 2.32. The molecule has 0 spiro atoms. The summed E-state index contributed by atoms with van der Waals surface area (Å²) in [5, 5.41) is 6.02. The molecule has 0 saturated heterocycles. The van der Waals surface area contributed by atoms with E-state index in [1.807, 2.05) is 11.3 Å². The van der Waals surface area contributed by atoms with E-state index in [0.717, 1.165) is 12.6 Å². The quantitative estimate of drug-likeness (QED) is 0.905. The van der Waals surface area contributed by atoms with Crippen LogP contribution in [-0.4, -0.2) is 30.6 Å². The van der Waals surface area contributed by atoms with Crippen LogP contribution in [0, 0.1) is 0 Å². The number of nitrogens with one attached hydrogen (secondary N) is 1. The molecular formula is C16H26N2S. The van der Waals surface area contributed by atoms with Gasteiger partial charge >= 0.3 is 0 Å². The predicted molar refractivity (Wildman–Crippen MR) is 82.9 cm³/mol. The summed E-state index contributed by atoms with van der Waals surface area (Å²) in [5.41, 5.74) is 1.58. The van der Waals surface area contributed by atoms with Gasteiger partial charge in [-0.3, -0.25) is 4.90 Å². The lowest BCUT2D eigenvalue weighted by Gasteiger charge is -2.34. The van der Waals surface area contributed by atoms with Crippen molar-refractivity contribution in [1.82, 2.24) is 10.2 Å². The summed E-state index contributed by atoms with van der Waals surface area (Å²) >= 11 is 1.94. The van der Waals surface area contributed by atoms with Crippen LogP contribution in [0.3, 0.4) is 0 Å². The lowest BCUT2D eigenvalue weighted by Crippen LogP contribution is -2.41. The number of thiophene rings is 1. The fraction of sp³-hybridized carbons (Fsp3) is 0.750. The van der Waals surface area contributed by atoms with Gasteiger partial charge in [0.2, 0.25) is 0 Å². The maximum atomic E-state index is 3.77. The van der Waals surface area contributed by atoms with Crippen LogP contribution < -0.4 is 5.32 Å². The van der Waals surface area contributed by atoms with Crippen LogP contribution in [0.2, 0.25) is 0 Å².